The molecule has 4 rings (SSSR count). The molecule has 1 saturated carbocycles. The van der Waals surface area contributed by atoms with Crippen LogP contribution in [-0.4, -0.2) is 45.7 Å². The Labute approximate surface area is 249 Å². The highest BCUT2D eigenvalue weighted by Crippen LogP contribution is 2.50. The first-order valence-corrected chi connectivity index (χ1v) is 15.1. The molecule has 0 radical (unpaired) electrons. The van der Waals surface area contributed by atoms with E-state index in [4.69, 9.17) is 10.1 Å². The molecule has 1 unspecified atom stereocenters. The zero-order chi connectivity index (χ0) is 31.2. The van der Waals surface area contributed by atoms with Gasteiger partial charge in [0, 0.05) is 17.7 Å². The highest BCUT2D eigenvalue weighted by atomic mass is 19.1. The molecule has 1 atom stereocenters. The smallest absolute Gasteiger partial charge is 0.305 e. The van der Waals surface area contributed by atoms with Crippen LogP contribution in [0.15, 0.2) is 53.5 Å². The number of carbonyl (C=O) groups excluding carboxylic acids is 2. The Bertz CT molecular complexity index is 1270. The van der Waals surface area contributed by atoms with E-state index in [1.807, 2.05) is 30.9 Å². The number of nitrogens with one attached hydrogen (secondary N) is 1. The lowest BCUT2D eigenvalue weighted by molar-refractivity contribution is -0.137. The van der Waals surface area contributed by atoms with Crippen molar-refractivity contribution in [2.45, 2.75) is 92.3 Å². The Morgan fingerprint density at radius 2 is 1.62 bits per heavy atom. The van der Waals surface area contributed by atoms with Crippen LogP contribution in [0.25, 0.3) is 0 Å². The molecule has 2 amide bonds. The van der Waals surface area contributed by atoms with Gasteiger partial charge in [-0.15, -0.1) is 0 Å². The van der Waals surface area contributed by atoms with Crippen molar-refractivity contribution >= 4 is 23.5 Å². The third-order valence-electron chi connectivity index (χ3n) is 8.37. The zero-order valence-electron chi connectivity index (χ0n) is 26.0. The summed E-state index contributed by atoms with van der Waals surface area (Å²) >= 11 is 0. The molecule has 7 nitrogen and oxygen atoms in total. The average Bonchev–Trinajstić information content (AvgIpc) is 3.21. The second kappa shape index (κ2) is 13.6. The zero-order valence-corrected chi connectivity index (χ0v) is 26.0. The molecule has 1 heterocycles. The summed E-state index contributed by atoms with van der Waals surface area (Å²) in [5, 5.41) is 11.5. The van der Waals surface area contributed by atoms with Crippen molar-refractivity contribution in [2.75, 3.05) is 6.54 Å². The number of rotatable bonds is 8. The Balaban J connectivity index is 0.00000237. The number of amides is 2. The predicted octanol–water partition coefficient (Wildman–Crippen LogP) is 7.02. The SMILES string of the molecule is CC.CC(C)C(c1ccc(C(=O)NCCC(=O)O)cc1)N1C(=O)C(c2ccc(F)cc2)=NC12CCC(C(C)(C)C)CC2. The van der Waals surface area contributed by atoms with E-state index in [1.54, 1.807) is 24.3 Å². The van der Waals surface area contributed by atoms with Gasteiger partial charge in [-0.1, -0.05) is 60.6 Å². The molecule has 1 spiro atoms. The van der Waals surface area contributed by atoms with Crippen molar-refractivity contribution in [2.24, 2.45) is 22.2 Å². The van der Waals surface area contributed by atoms with Crippen LogP contribution in [0.1, 0.15) is 108 Å². The lowest BCUT2D eigenvalue weighted by Crippen LogP contribution is -2.52. The van der Waals surface area contributed by atoms with Crippen molar-refractivity contribution in [1.29, 1.82) is 0 Å². The van der Waals surface area contributed by atoms with Gasteiger partial charge in [0.2, 0.25) is 0 Å². The van der Waals surface area contributed by atoms with E-state index in [9.17, 15) is 18.8 Å². The Hall–Kier alpha value is -3.55. The number of carboxylic acid groups (broad SMARTS) is 1. The second-order valence-corrected chi connectivity index (χ2v) is 12.5. The molecular weight excluding hydrogens is 533 g/mol. The number of benzene rings is 2. The number of carbonyl (C=O) groups is 3. The number of nitrogens with zero attached hydrogens (tertiary/aromatic N) is 2. The first-order chi connectivity index (χ1) is 19.8. The summed E-state index contributed by atoms with van der Waals surface area (Å²) in [7, 11) is 0. The molecule has 2 N–H and O–H groups in total. The summed E-state index contributed by atoms with van der Waals surface area (Å²) in [4.78, 5) is 44.6. The topological polar surface area (TPSA) is 99.1 Å². The Morgan fingerprint density at radius 3 is 2.12 bits per heavy atom. The van der Waals surface area contributed by atoms with Gasteiger partial charge in [-0.25, -0.2) is 4.39 Å². The third kappa shape index (κ3) is 7.26. The van der Waals surface area contributed by atoms with E-state index in [-0.39, 0.29) is 48.0 Å². The van der Waals surface area contributed by atoms with Crippen molar-refractivity contribution in [3.8, 4) is 0 Å². The van der Waals surface area contributed by atoms with Crippen molar-refractivity contribution in [1.82, 2.24) is 10.2 Å². The van der Waals surface area contributed by atoms with Gasteiger partial charge in [-0.2, -0.15) is 0 Å². The van der Waals surface area contributed by atoms with Gasteiger partial charge in [-0.05, 0) is 84.9 Å². The minimum absolute atomic E-state index is 0.0500. The number of halogens is 1. The van der Waals surface area contributed by atoms with Gasteiger partial charge < -0.3 is 15.3 Å². The lowest BCUT2D eigenvalue weighted by Gasteiger charge is -2.48. The van der Waals surface area contributed by atoms with Crippen LogP contribution in [0.4, 0.5) is 4.39 Å². The van der Waals surface area contributed by atoms with Crippen LogP contribution in [0.5, 0.6) is 0 Å². The average molecular weight is 580 g/mol. The highest BCUT2D eigenvalue weighted by Gasteiger charge is 2.53. The fourth-order valence-electron chi connectivity index (χ4n) is 6.14. The van der Waals surface area contributed by atoms with E-state index in [0.717, 1.165) is 31.2 Å². The molecule has 1 aliphatic heterocycles. The van der Waals surface area contributed by atoms with Crippen LogP contribution < -0.4 is 5.32 Å². The highest BCUT2D eigenvalue weighted by molar-refractivity contribution is 6.46. The molecule has 1 aliphatic carbocycles. The third-order valence-corrected chi connectivity index (χ3v) is 8.37. The summed E-state index contributed by atoms with van der Waals surface area (Å²) in [6.07, 6.45) is 3.25. The number of carboxylic acids is 1. The molecule has 2 aliphatic rings. The molecular formula is C34H46FN3O4. The van der Waals surface area contributed by atoms with Crippen LogP contribution in [0.2, 0.25) is 0 Å². The number of hydrogen-bond acceptors (Lipinski definition) is 4. The number of aliphatic carboxylic acids is 1. The molecule has 2 aromatic carbocycles. The molecule has 2 aromatic rings. The summed E-state index contributed by atoms with van der Waals surface area (Å²) in [6, 6.07) is 12.8. The van der Waals surface area contributed by atoms with Gasteiger partial charge in [0.05, 0.1) is 12.5 Å². The molecule has 0 saturated heterocycles. The first kappa shape index (κ1) is 33.0. The molecule has 42 heavy (non-hydrogen) atoms. The minimum Gasteiger partial charge on any atom is -0.481 e. The van der Waals surface area contributed by atoms with Crippen molar-refractivity contribution < 1.29 is 23.9 Å². The Kier molecular flexibility index (Phi) is 10.7. The fourth-order valence-corrected chi connectivity index (χ4v) is 6.14. The summed E-state index contributed by atoms with van der Waals surface area (Å²) in [5.74, 6) is -1.26. The standard InChI is InChI=1S/C32H40FN3O4.C2H6/c1-20(2)28(22-6-8-23(9-7-22)29(39)34-19-16-26(37)38)36-30(40)27(21-10-12-25(33)13-11-21)35-32(36)17-14-24(15-18-32)31(3,4)5;1-2/h6-13,20,24,28H,14-19H2,1-5H3,(H,34,39)(H,37,38);1-2H3. The minimum atomic E-state index is -0.974. The van der Waals surface area contributed by atoms with Gasteiger partial charge in [0.15, 0.2) is 0 Å². The van der Waals surface area contributed by atoms with Crippen LogP contribution >= 0.6 is 0 Å². The predicted molar refractivity (Wildman–Crippen MR) is 164 cm³/mol. The number of hydrogen-bond donors (Lipinski definition) is 2. The maximum absolute atomic E-state index is 14.2. The quantitative estimate of drug-likeness (QED) is 0.351. The maximum Gasteiger partial charge on any atom is 0.305 e. The van der Waals surface area contributed by atoms with Gasteiger partial charge in [0.1, 0.15) is 17.2 Å². The largest absolute Gasteiger partial charge is 0.481 e. The lowest BCUT2D eigenvalue weighted by atomic mass is 9.69. The fraction of sp³-hybridized carbons (Fsp3) is 0.529. The Morgan fingerprint density at radius 1 is 1.05 bits per heavy atom. The van der Waals surface area contributed by atoms with E-state index >= 15 is 0 Å². The molecule has 8 heteroatoms. The van der Waals surface area contributed by atoms with E-state index in [2.05, 4.69) is 39.9 Å². The van der Waals surface area contributed by atoms with Gasteiger partial charge in [-0.3, -0.25) is 19.4 Å². The van der Waals surface area contributed by atoms with Crippen molar-refractivity contribution in [3.63, 3.8) is 0 Å². The van der Waals surface area contributed by atoms with E-state index in [1.165, 1.54) is 12.1 Å². The molecule has 228 valence electrons. The summed E-state index contributed by atoms with van der Waals surface area (Å²) in [6.45, 7) is 15.0. The van der Waals surface area contributed by atoms with Gasteiger partial charge >= 0.3 is 5.97 Å². The number of aliphatic imine (C=N–C) groups is 1. The summed E-state index contributed by atoms with van der Waals surface area (Å²) < 4.78 is 13.7. The van der Waals surface area contributed by atoms with Gasteiger partial charge in [0.25, 0.3) is 11.8 Å². The molecule has 0 aromatic heterocycles. The van der Waals surface area contributed by atoms with E-state index in [0.29, 0.717) is 22.8 Å². The van der Waals surface area contributed by atoms with E-state index < -0.39 is 11.6 Å². The van der Waals surface area contributed by atoms with Crippen LogP contribution in [-0.2, 0) is 9.59 Å². The maximum atomic E-state index is 14.2. The molecule has 0 bridgehead atoms. The normalized spacial score (nSPS) is 21.1. The van der Waals surface area contributed by atoms with Crippen LogP contribution in [0, 0.1) is 23.1 Å². The monoisotopic (exact) mass is 579 g/mol. The van der Waals surface area contributed by atoms with Crippen LogP contribution in [0.3, 0.4) is 0 Å². The van der Waals surface area contributed by atoms with Crippen molar-refractivity contribution in [3.05, 3.63) is 71.0 Å². The molecule has 1 fully saturated rings. The first-order valence-electron chi connectivity index (χ1n) is 15.1. The second-order valence-electron chi connectivity index (χ2n) is 12.5. The summed E-state index contributed by atoms with van der Waals surface area (Å²) in [5.41, 5.74) is 1.78.